The Bertz CT molecular complexity index is 1230. The van der Waals surface area contributed by atoms with E-state index in [1.54, 1.807) is 6.07 Å². The van der Waals surface area contributed by atoms with Crippen LogP contribution in [0.2, 0.25) is 0 Å². The molecule has 5 rings (SSSR count). The minimum atomic E-state index is -0.687. The molecule has 3 heterocycles. The van der Waals surface area contributed by atoms with Gasteiger partial charge in [-0.15, -0.1) is 16.7 Å². The maximum atomic E-state index is 15.0. The van der Waals surface area contributed by atoms with Gasteiger partial charge in [-0.1, -0.05) is 5.21 Å². The van der Waals surface area contributed by atoms with Gasteiger partial charge in [-0.3, -0.25) is 9.59 Å². The first kappa shape index (κ1) is 21.0. The molecular formula is C21H21ClFN5O4. The number of carbonyl (C=O) groups is 1. The van der Waals surface area contributed by atoms with E-state index >= 15 is 0 Å². The second-order valence-electron chi connectivity index (χ2n) is 7.96. The molecule has 1 N–H and O–H groups in total. The highest BCUT2D eigenvalue weighted by Crippen LogP contribution is 2.37. The molecule has 1 saturated carbocycles. The van der Waals surface area contributed by atoms with Crippen molar-refractivity contribution < 1.29 is 18.8 Å². The van der Waals surface area contributed by atoms with Crippen molar-refractivity contribution in [3.05, 3.63) is 51.8 Å². The second kappa shape index (κ2) is 8.61. The van der Waals surface area contributed by atoms with Gasteiger partial charge in [0.25, 0.3) is 5.91 Å². The molecule has 168 valence electrons. The van der Waals surface area contributed by atoms with Gasteiger partial charge in [-0.25, -0.2) is 19.4 Å². The third-order valence-corrected chi connectivity index (χ3v) is 5.91. The molecule has 9 nitrogen and oxygen atoms in total. The number of hydrogen-bond donors (Lipinski definition) is 1. The fraction of sp³-hybridized carbons (Fsp3) is 0.429. The SMILES string of the molecule is O=C(NOC1CCCCO1)c1cn(C2CC2)c2cc(-n3cc(CCl)nn3)c(F)cc2c1=O. The van der Waals surface area contributed by atoms with Gasteiger partial charge in [-0.2, -0.15) is 0 Å². The van der Waals surface area contributed by atoms with Gasteiger partial charge >= 0.3 is 0 Å². The average Bonchev–Trinajstić information content (AvgIpc) is 3.54. The maximum Gasteiger partial charge on any atom is 0.280 e. The lowest BCUT2D eigenvalue weighted by atomic mass is 10.1. The van der Waals surface area contributed by atoms with Crippen LogP contribution >= 0.6 is 11.6 Å². The van der Waals surface area contributed by atoms with Crippen LogP contribution in [0.4, 0.5) is 4.39 Å². The van der Waals surface area contributed by atoms with E-state index in [0.717, 1.165) is 31.7 Å². The molecule has 2 aromatic heterocycles. The molecule has 1 aliphatic carbocycles. The number of carbonyl (C=O) groups excluding carboxylic acids is 1. The van der Waals surface area contributed by atoms with Crippen molar-refractivity contribution in [1.82, 2.24) is 25.0 Å². The van der Waals surface area contributed by atoms with Crippen LogP contribution in [0.1, 0.15) is 54.2 Å². The van der Waals surface area contributed by atoms with Crippen LogP contribution in [0, 0.1) is 5.82 Å². The molecule has 1 amide bonds. The highest BCUT2D eigenvalue weighted by atomic mass is 35.5. The molecule has 32 heavy (non-hydrogen) atoms. The van der Waals surface area contributed by atoms with Gasteiger partial charge in [0.2, 0.25) is 5.43 Å². The number of nitrogens with one attached hydrogen (secondary N) is 1. The lowest BCUT2D eigenvalue weighted by Crippen LogP contribution is -2.35. The number of aromatic nitrogens is 4. The molecule has 11 heteroatoms. The Balaban J connectivity index is 1.53. The summed E-state index contributed by atoms with van der Waals surface area (Å²) < 4.78 is 23.5. The van der Waals surface area contributed by atoms with Crippen molar-refractivity contribution >= 4 is 28.4 Å². The number of benzene rings is 1. The summed E-state index contributed by atoms with van der Waals surface area (Å²) in [6.07, 6.45) is 6.84. The Morgan fingerprint density at radius 1 is 1.28 bits per heavy atom. The summed E-state index contributed by atoms with van der Waals surface area (Å²) in [6, 6.07) is 2.81. The molecule has 2 fully saturated rings. The largest absolute Gasteiger partial charge is 0.350 e. The minimum Gasteiger partial charge on any atom is -0.350 e. The number of halogens is 2. The lowest BCUT2D eigenvalue weighted by Gasteiger charge is -2.22. The van der Waals surface area contributed by atoms with Gasteiger partial charge in [0.05, 0.1) is 23.3 Å². The molecule has 0 spiro atoms. The van der Waals surface area contributed by atoms with Gasteiger partial charge < -0.3 is 9.30 Å². The van der Waals surface area contributed by atoms with Gasteiger partial charge in [-0.05, 0) is 37.8 Å². The van der Waals surface area contributed by atoms with Crippen LogP contribution < -0.4 is 10.9 Å². The Kier molecular flexibility index (Phi) is 5.66. The van der Waals surface area contributed by atoms with Crippen molar-refractivity contribution in [1.29, 1.82) is 0 Å². The number of pyridine rings is 1. The zero-order valence-corrected chi connectivity index (χ0v) is 17.8. The molecule has 1 atom stereocenters. The zero-order valence-electron chi connectivity index (χ0n) is 17.1. The summed E-state index contributed by atoms with van der Waals surface area (Å²) in [5, 5.41) is 7.91. The van der Waals surface area contributed by atoms with E-state index in [1.165, 1.54) is 17.1 Å². The Labute approximate surface area is 187 Å². The van der Waals surface area contributed by atoms with Crippen molar-refractivity contribution in [2.75, 3.05) is 6.61 Å². The Hall–Kier alpha value is -2.82. The Morgan fingerprint density at radius 2 is 2.12 bits per heavy atom. The molecule has 0 bridgehead atoms. The number of rotatable bonds is 6. The maximum absolute atomic E-state index is 15.0. The van der Waals surface area contributed by atoms with E-state index in [0.29, 0.717) is 24.2 Å². The van der Waals surface area contributed by atoms with Crippen molar-refractivity contribution in [2.45, 2.75) is 50.3 Å². The molecule has 1 unspecified atom stereocenters. The zero-order chi connectivity index (χ0) is 22.2. The summed E-state index contributed by atoms with van der Waals surface area (Å²) >= 11 is 5.77. The number of hydrogen-bond acceptors (Lipinski definition) is 6. The molecule has 3 aromatic rings. The highest BCUT2D eigenvalue weighted by molar-refractivity contribution is 6.16. The van der Waals surface area contributed by atoms with Crippen LogP contribution in [0.15, 0.2) is 29.3 Å². The van der Waals surface area contributed by atoms with E-state index in [2.05, 4.69) is 15.8 Å². The molecule has 0 radical (unpaired) electrons. The van der Waals surface area contributed by atoms with E-state index in [4.69, 9.17) is 21.2 Å². The number of nitrogens with zero attached hydrogens (tertiary/aromatic N) is 4. The first-order valence-electron chi connectivity index (χ1n) is 10.5. The fourth-order valence-corrected chi connectivity index (χ4v) is 3.93. The van der Waals surface area contributed by atoms with Crippen LogP contribution in [-0.4, -0.2) is 38.4 Å². The summed E-state index contributed by atoms with van der Waals surface area (Å²) in [4.78, 5) is 31.1. The molecule has 1 saturated heterocycles. The summed E-state index contributed by atoms with van der Waals surface area (Å²) in [6.45, 7) is 0.560. The average molecular weight is 462 g/mol. The fourth-order valence-electron chi connectivity index (χ4n) is 3.81. The van der Waals surface area contributed by atoms with Crippen molar-refractivity contribution in [2.24, 2.45) is 0 Å². The number of alkyl halides is 1. The van der Waals surface area contributed by atoms with Crippen molar-refractivity contribution in [3.63, 3.8) is 0 Å². The first-order valence-corrected chi connectivity index (χ1v) is 11.0. The van der Waals surface area contributed by atoms with Crippen LogP contribution in [0.25, 0.3) is 16.6 Å². The monoisotopic (exact) mass is 461 g/mol. The van der Waals surface area contributed by atoms with Crippen LogP contribution in [0.3, 0.4) is 0 Å². The molecule has 1 aromatic carbocycles. The molecule has 1 aliphatic heterocycles. The first-order chi connectivity index (χ1) is 15.5. The summed E-state index contributed by atoms with van der Waals surface area (Å²) in [7, 11) is 0. The second-order valence-corrected chi connectivity index (χ2v) is 8.23. The van der Waals surface area contributed by atoms with E-state index < -0.39 is 23.4 Å². The normalized spacial score (nSPS) is 18.8. The molecule has 2 aliphatic rings. The van der Waals surface area contributed by atoms with Crippen LogP contribution in [0.5, 0.6) is 0 Å². The Morgan fingerprint density at radius 3 is 2.81 bits per heavy atom. The highest BCUT2D eigenvalue weighted by Gasteiger charge is 2.28. The summed E-state index contributed by atoms with van der Waals surface area (Å²) in [5.41, 5.74) is 2.79. The van der Waals surface area contributed by atoms with E-state index in [9.17, 15) is 14.0 Å². The lowest BCUT2D eigenvalue weighted by molar-refractivity contribution is -0.186. The predicted molar refractivity (Wildman–Crippen MR) is 113 cm³/mol. The van der Waals surface area contributed by atoms with Gasteiger partial charge in [0, 0.05) is 30.7 Å². The predicted octanol–water partition coefficient (Wildman–Crippen LogP) is 2.98. The number of ether oxygens (including phenoxy) is 1. The standard InChI is InChI=1S/C21H21ClFN5O4/c22-9-12-10-28(26-24-12)18-8-17-14(7-16(18)23)20(29)15(11-27(17)13-4-5-13)21(30)25-32-19-3-1-2-6-31-19/h7-8,10-11,13,19H,1-6,9H2,(H,25,30). The number of fused-ring (bicyclic) bond motifs is 1. The summed E-state index contributed by atoms with van der Waals surface area (Å²) in [5.74, 6) is -1.20. The van der Waals surface area contributed by atoms with Crippen molar-refractivity contribution in [3.8, 4) is 5.69 Å². The van der Waals surface area contributed by atoms with Gasteiger partial charge in [0.1, 0.15) is 17.1 Å². The molecular weight excluding hydrogens is 441 g/mol. The number of amides is 1. The quantitative estimate of drug-likeness (QED) is 0.447. The topological polar surface area (TPSA) is 100 Å². The minimum absolute atomic E-state index is 0.109. The third-order valence-electron chi connectivity index (χ3n) is 5.63. The number of hydroxylamine groups is 1. The van der Waals surface area contributed by atoms with Crippen LogP contribution in [-0.2, 0) is 15.5 Å². The van der Waals surface area contributed by atoms with E-state index in [1.807, 2.05) is 4.57 Å². The van der Waals surface area contributed by atoms with Gasteiger partial charge in [0.15, 0.2) is 6.29 Å². The smallest absolute Gasteiger partial charge is 0.280 e. The third kappa shape index (κ3) is 4.01. The van der Waals surface area contributed by atoms with E-state index in [-0.39, 0.29) is 28.6 Å².